The van der Waals surface area contributed by atoms with Crippen molar-refractivity contribution in [2.75, 3.05) is 13.2 Å². The van der Waals surface area contributed by atoms with Crippen molar-refractivity contribution < 1.29 is 9.84 Å². The number of aryl methyl sites for hydroxylation is 1. The monoisotopic (exact) mass is 307 g/mol. The summed E-state index contributed by atoms with van der Waals surface area (Å²) in [5, 5.41) is 21.4. The Kier molecular flexibility index (Phi) is 5.92. The normalized spacial score (nSPS) is 12.1. The largest absolute Gasteiger partial charge is 0.491 e. The molecule has 0 radical (unpaired) electrons. The maximum Gasteiger partial charge on any atom is 0.119 e. The average Bonchev–Trinajstić information content (AvgIpc) is 2.49. The molecule has 0 fully saturated rings. The Hall–Kier alpha value is -1.69. The number of aromatic nitrogens is 2. The van der Waals surface area contributed by atoms with Gasteiger partial charge in [-0.1, -0.05) is 11.6 Å². The van der Waals surface area contributed by atoms with Crippen molar-refractivity contribution in [2.45, 2.75) is 19.6 Å². The Morgan fingerprint density at radius 1 is 1.38 bits per heavy atom. The van der Waals surface area contributed by atoms with Gasteiger partial charge in [-0.25, -0.2) is 0 Å². The highest BCUT2D eigenvalue weighted by Gasteiger charge is 2.06. The Bertz CT molecular complexity index is 566. The minimum absolute atomic E-state index is 0.217. The Morgan fingerprint density at radius 3 is 2.95 bits per heavy atom. The molecule has 0 saturated heterocycles. The first-order valence-corrected chi connectivity index (χ1v) is 7.07. The summed E-state index contributed by atoms with van der Waals surface area (Å²) in [6, 6.07) is 9.12. The number of hydrogen-bond donors (Lipinski definition) is 2. The molecule has 1 aromatic carbocycles. The summed E-state index contributed by atoms with van der Waals surface area (Å²) in [6.07, 6.45) is 1.03. The second kappa shape index (κ2) is 7.93. The topological polar surface area (TPSA) is 67.3 Å². The molecular weight excluding hydrogens is 290 g/mol. The summed E-state index contributed by atoms with van der Waals surface area (Å²) in [5.74, 6) is 0.699. The number of benzene rings is 1. The van der Waals surface area contributed by atoms with Crippen LogP contribution < -0.4 is 10.1 Å². The second-order valence-electron chi connectivity index (χ2n) is 4.72. The van der Waals surface area contributed by atoms with E-state index in [1.807, 2.05) is 25.1 Å². The second-order valence-corrected chi connectivity index (χ2v) is 5.13. The van der Waals surface area contributed by atoms with Crippen LogP contribution >= 0.6 is 11.6 Å². The fourth-order valence-corrected chi connectivity index (χ4v) is 1.87. The van der Waals surface area contributed by atoms with Crippen molar-refractivity contribution in [3.05, 3.63) is 52.8 Å². The van der Waals surface area contributed by atoms with E-state index in [2.05, 4.69) is 15.5 Å². The lowest BCUT2D eigenvalue weighted by Crippen LogP contribution is -2.31. The van der Waals surface area contributed by atoms with E-state index < -0.39 is 6.10 Å². The van der Waals surface area contributed by atoms with Crippen molar-refractivity contribution >= 4 is 11.6 Å². The van der Waals surface area contributed by atoms with Gasteiger partial charge in [0.25, 0.3) is 0 Å². The van der Waals surface area contributed by atoms with Crippen LogP contribution in [0.3, 0.4) is 0 Å². The lowest BCUT2D eigenvalue weighted by molar-refractivity contribution is 0.106. The zero-order valence-electron chi connectivity index (χ0n) is 11.8. The van der Waals surface area contributed by atoms with Crippen LogP contribution in [0.4, 0.5) is 0 Å². The number of hydrogen-bond acceptors (Lipinski definition) is 5. The lowest BCUT2D eigenvalue weighted by atomic mass is 10.2. The summed E-state index contributed by atoms with van der Waals surface area (Å²) >= 11 is 5.94. The summed E-state index contributed by atoms with van der Waals surface area (Å²) < 4.78 is 5.53. The number of rotatable bonds is 7. The van der Waals surface area contributed by atoms with Gasteiger partial charge in [-0.15, -0.1) is 0 Å². The molecule has 1 unspecified atom stereocenters. The van der Waals surface area contributed by atoms with Gasteiger partial charge >= 0.3 is 0 Å². The van der Waals surface area contributed by atoms with Gasteiger partial charge in [-0.3, -0.25) is 0 Å². The first kappa shape index (κ1) is 15.7. The maximum atomic E-state index is 9.86. The minimum Gasteiger partial charge on any atom is -0.491 e. The van der Waals surface area contributed by atoms with E-state index in [4.69, 9.17) is 16.3 Å². The van der Waals surface area contributed by atoms with Gasteiger partial charge in [0, 0.05) is 24.3 Å². The predicted molar refractivity (Wildman–Crippen MR) is 81.4 cm³/mol. The number of aliphatic hydroxyl groups excluding tert-OH is 1. The summed E-state index contributed by atoms with van der Waals surface area (Å²) in [6.45, 7) is 3.11. The SMILES string of the molecule is Cc1cc(OCC(O)CNCc2cccnn2)ccc1Cl. The molecule has 1 atom stereocenters. The van der Waals surface area contributed by atoms with E-state index in [-0.39, 0.29) is 6.61 Å². The third kappa shape index (κ3) is 5.30. The van der Waals surface area contributed by atoms with Gasteiger partial charge in [0.15, 0.2) is 0 Å². The quantitative estimate of drug-likeness (QED) is 0.818. The van der Waals surface area contributed by atoms with Gasteiger partial charge < -0.3 is 15.2 Å². The highest BCUT2D eigenvalue weighted by molar-refractivity contribution is 6.31. The minimum atomic E-state index is -0.599. The first-order chi connectivity index (χ1) is 10.1. The number of aliphatic hydroxyl groups is 1. The van der Waals surface area contributed by atoms with E-state index in [1.165, 1.54) is 0 Å². The number of nitrogens with zero attached hydrogens (tertiary/aromatic N) is 2. The molecular formula is C15H18ClN3O2. The predicted octanol–water partition coefficient (Wildman–Crippen LogP) is 1.97. The van der Waals surface area contributed by atoms with Crippen LogP contribution in [0.25, 0.3) is 0 Å². The molecule has 21 heavy (non-hydrogen) atoms. The molecule has 0 aliphatic carbocycles. The molecule has 6 heteroatoms. The zero-order valence-corrected chi connectivity index (χ0v) is 12.5. The lowest BCUT2D eigenvalue weighted by Gasteiger charge is -2.13. The summed E-state index contributed by atoms with van der Waals surface area (Å²) in [4.78, 5) is 0. The molecule has 0 amide bonds. The van der Waals surface area contributed by atoms with E-state index in [1.54, 1.807) is 18.3 Å². The van der Waals surface area contributed by atoms with Crippen LogP contribution in [0, 0.1) is 6.92 Å². The molecule has 0 aliphatic heterocycles. The molecule has 1 heterocycles. The molecule has 0 spiro atoms. The van der Waals surface area contributed by atoms with Crippen molar-refractivity contribution in [3.8, 4) is 5.75 Å². The smallest absolute Gasteiger partial charge is 0.119 e. The van der Waals surface area contributed by atoms with E-state index in [0.717, 1.165) is 11.3 Å². The fraction of sp³-hybridized carbons (Fsp3) is 0.333. The molecule has 0 bridgehead atoms. The highest BCUT2D eigenvalue weighted by Crippen LogP contribution is 2.21. The maximum absolute atomic E-state index is 9.86. The third-order valence-corrected chi connectivity index (χ3v) is 3.31. The number of halogens is 1. The van der Waals surface area contributed by atoms with Crippen LogP contribution in [0.15, 0.2) is 36.5 Å². The van der Waals surface area contributed by atoms with E-state index in [0.29, 0.717) is 23.9 Å². The average molecular weight is 308 g/mol. The Morgan fingerprint density at radius 2 is 2.24 bits per heavy atom. The molecule has 2 rings (SSSR count). The summed E-state index contributed by atoms with van der Waals surface area (Å²) in [5.41, 5.74) is 1.78. The molecule has 2 aromatic rings. The number of ether oxygens (including phenoxy) is 1. The van der Waals surface area contributed by atoms with E-state index in [9.17, 15) is 5.11 Å². The van der Waals surface area contributed by atoms with E-state index >= 15 is 0 Å². The highest BCUT2D eigenvalue weighted by atomic mass is 35.5. The molecule has 112 valence electrons. The van der Waals surface area contributed by atoms with Crippen molar-refractivity contribution in [2.24, 2.45) is 0 Å². The standard InChI is InChI=1S/C15H18ClN3O2/c1-11-7-14(4-5-15(11)16)21-10-13(20)9-17-8-12-3-2-6-18-19-12/h2-7,13,17,20H,8-10H2,1H3. The molecule has 1 aromatic heterocycles. The summed E-state index contributed by atoms with van der Waals surface area (Å²) in [7, 11) is 0. The van der Waals surface area contributed by atoms with Crippen LogP contribution in [0.1, 0.15) is 11.3 Å². The van der Waals surface area contributed by atoms with Crippen LogP contribution in [0.5, 0.6) is 5.75 Å². The van der Waals surface area contributed by atoms with Gasteiger partial charge in [0.05, 0.1) is 5.69 Å². The van der Waals surface area contributed by atoms with Crippen LogP contribution in [-0.4, -0.2) is 34.6 Å². The fourth-order valence-electron chi connectivity index (χ4n) is 1.75. The van der Waals surface area contributed by atoms with Crippen LogP contribution in [-0.2, 0) is 6.54 Å². The first-order valence-electron chi connectivity index (χ1n) is 6.69. The molecule has 0 saturated carbocycles. The molecule has 2 N–H and O–H groups in total. The van der Waals surface area contributed by atoms with Gasteiger partial charge in [-0.05, 0) is 42.8 Å². The Labute approximate surface area is 128 Å². The van der Waals surface area contributed by atoms with Crippen molar-refractivity contribution in [1.82, 2.24) is 15.5 Å². The van der Waals surface area contributed by atoms with Gasteiger partial charge in [0.1, 0.15) is 18.5 Å². The van der Waals surface area contributed by atoms with Crippen LogP contribution in [0.2, 0.25) is 5.02 Å². The van der Waals surface area contributed by atoms with Gasteiger partial charge in [-0.2, -0.15) is 10.2 Å². The third-order valence-electron chi connectivity index (χ3n) is 2.89. The molecule has 0 aliphatic rings. The van der Waals surface area contributed by atoms with Gasteiger partial charge in [0.2, 0.25) is 0 Å². The molecule has 5 nitrogen and oxygen atoms in total. The van der Waals surface area contributed by atoms with Crippen molar-refractivity contribution in [1.29, 1.82) is 0 Å². The Balaban J connectivity index is 1.69. The van der Waals surface area contributed by atoms with Crippen molar-refractivity contribution in [3.63, 3.8) is 0 Å². The number of nitrogens with one attached hydrogen (secondary N) is 1. The zero-order chi connectivity index (χ0) is 15.1.